The van der Waals surface area contributed by atoms with Crippen LogP contribution in [0.3, 0.4) is 0 Å². The van der Waals surface area contributed by atoms with E-state index in [-0.39, 0.29) is 5.69 Å². The van der Waals surface area contributed by atoms with E-state index in [0.29, 0.717) is 12.4 Å². The van der Waals surface area contributed by atoms with Crippen LogP contribution < -0.4 is 4.74 Å². The third-order valence-corrected chi connectivity index (χ3v) is 2.96. The van der Waals surface area contributed by atoms with Crippen molar-refractivity contribution in [1.82, 2.24) is 4.98 Å². The Kier molecular flexibility index (Phi) is 3.34. The van der Waals surface area contributed by atoms with E-state index in [2.05, 4.69) is 4.98 Å². The third-order valence-electron chi connectivity index (χ3n) is 2.20. The van der Waals surface area contributed by atoms with Crippen LogP contribution >= 0.6 is 11.3 Å². The number of thiazole rings is 1. The third kappa shape index (κ3) is 2.79. The summed E-state index contributed by atoms with van der Waals surface area (Å²) in [5.41, 5.74) is 0.819. The average molecular weight is 250 g/mol. The summed E-state index contributed by atoms with van der Waals surface area (Å²) in [6.45, 7) is 2.17. The molecule has 0 aliphatic heterocycles. The Labute approximate surface area is 102 Å². The van der Waals surface area contributed by atoms with E-state index < -0.39 is 4.92 Å². The van der Waals surface area contributed by atoms with E-state index in [4.69, 9.17) is 4.74 Å². The molecule has 2 rings (SSSR count). The van der Waals surface area contributed by atoms with Gasteiger partial charge in [0.1, 0.15) is 17.4 Å². The van der Waals surface area contributed by atoms with E-state index in [9.17, 15) is 10.1 Å². The van der Waals surface area contributed by atoms with E-state index in [1.807, 2.05) is 5.38 Å². The van der Waals surface area contributed by atoms with Crippen LogP contribution in [0.5, 0.6) is 5.75 Å². The van der Waals surface area contributed by atoms with Crippen molar-refractivity contribution in [3.05, 3.63) is 50.5 Å². The van der Waals surface area contributed by atoms with Gasteiger partial charge >= 0.3 is 0 Å². The number of non-ortho nitro benzene ring substituents is 1. The van der Waals surface area contributed by atoms with Crippen LogP contribution in [0.2, 0.25) is 0 Å². The van der Waals surface area contributed by atoms with Gasteiger partial charge in [-0.3, -0.25) is 10.1 Å². The van der Waals surface area contributed by atoms with Crippen molar-refractivity contribution in [2.24, 2.45) is 0 Å². The molecule has 0 fully saturated rings. The van der Waals surface area contributed by atoms with Gasteiger partial charge in [-0.25, -0.2) is 4.98 Å². The fourth-order valence-electron chi connectivity index (χ4n) is 1.37. The zero-order valence-corrected chi connectivity index (χ0v) is 9.94. The molecular formula is C11H10N2O3S. The highest BCUT2D eigenvalue weighted by atomic mass is 32.1. The molecule has 2 aromatic rings. The molecule has 0 aliphatic carbocycles. The van der Waals surface area contributed by atoms with Gasteiger partial charge in [-0.1, -0.05) is 0 Å². The highest BCUT2D eigenvalue weighted by Gasteiger charge is 2.09. The summed E-state index contributed by atoms with van der Waals surface area (Å²) >= 11 is 1.51. The van der Waals surface area contributed by atoms with Gasteiger partial charge in [0.05, 0.1) is 4.92 Å². The first-order valence-electron chi connectivity index (χ1n) is 4.93. The monoisotopic (exact) mass is 250 g/mol. The van der Waals surface area contributed by atoms with Gasteiger partial charge in [0, 0.05) is 23.7 Å². The molecule has 0 saturated carbocycles. The topological polar surface area (TPSA) is 65.3 Å². The van der Waals surface area contributed by atoms with Crippen molar-refractivity contribution in [2.75, 3.05) is 0 Å². The van der Waals surface area contributed by atoms with Gasteiger partial charge in [-0.15, -0.1) is 11.3 Å². The molecule has 6 heteroatoms. The summed E-state index contributed by atoms with van der Waals surface area (Å²) in [4.78, 5) is 14.2. The molecule has 0 saturated heterocycles. The van der Waals surface area contributed by atoms with Crippen molar-refractivity contribution in [3.8, 4) is 5.75 Å². The fraction of sp³-hybridized carbons (Fsp3) is 0.182. The van der Waals surface area contributed by atoms with Crippen molar-refractivity contribution in [1.29, 1.82) is 0 Å². The molecule has 5 nitrogen and oxygen atoms in total. The van der Waals surface area contributed by atoms with Crippen LogP contribution in [-0.2, 0) is 6.61 Å². The van der Waals surface area contributed by atoms with Gasteiger partial charge in [0.15, 0.2) is 0 Å². The summed E-state index contributed by atoms with van der Waals surface area (Å²) in [6, 6.07) is 4.54. The summed E-state index contributed by atoms with van der Waals surface area (Å²) < 4.78 is 5.54. The SMILES string of the molecule is Cc1cc([N+](=O)[O-])ccc1OCc1nccs1. The number of benzene rings is 1. The van der Waals surface area contributed by atoms with Crippen LogP contribution in [-0.4, -0.2) is 9.91 Å². The normalized spacial score (nSPS) is 10.2. The van der Waals surface area contributed by atoms with Crippen molar-refractivity contribution in [3.63, 3.8) is 0 Å². The lowest BCUT2D eigenvalue weighted by Gasteiger charge is -2.06. The van der Waals surface area contributed by atoms with Crippen LogP contribution in [0.25, 0.3) is 0 Å². The van der Waals surface area contributed by atoms with Crippen LogP contribution in [0, 0.1) is 17.0 Å². The molecule has 0 amide bonds. The molecule has 88 valence electrons. The first kappa shape index (κ1) is 11.5. The number of aromatic nitrogens is 1. The lowest BCUT2D eigenvalue weighted by Crippen LogP contribution is -1.97. The van der Waals surface area contributed by atoms with Crippen molar-refractivity contribution < 1.29 is 9.66 Å². The number of aryl methyl sites for hydroxylation is 1. The Balaban J connectivity index is 2.09. The van der Waals surface area contributed by atoms with Crippen LogP contribution in [0.4, 0.5) is 5.69 Å². The van der Waals surface area contributed by atoms with E-state index in [1.54, 1.807) is 19.2 Å². The lowest BCUT2D eigenvalue weighted by molar-refractivity contribution is -0.384. The van der Waals surface area contributed by atoms with Crippen LogP contribution in [0.15, 0.2) is 29.8 Å². The van der Waals surface area contributed by atoms with Crippen molar-refractivity contribution >= 4 is 17.0 Å². The molecule has 0 spiro atoms. The second kappa shape index (κ2) is 4.92. The average Bonchev–Trinajstić information content (AvgIpc) is 2.80. The van der Waals surface area contributed by atoms with Crippen molar-refractivity contribution in [2.45, 2.75) is 13.5 Å². The number of nitro groups is 1. The molecule has 0 atom stereocenters. The first-order chi connectivity index (χ1) is 8.16. The van der Waals surface area contributed by atoms with E-state index in [1.165, 1.54) is 23.5 Å². The number of ether oxygens (including phenoxy) is 1. The van der Waals surface area contributed by atoms with Crippen LogP contribution in [0.1, 0.15) is 10.6 Å². The smallest absolute Gasteiger partial charge is 0.269 e. The Morgan fingerprint density at radius 3 is 2.94 bits per heavy atom. The first-order valence-corrected chi connectivity index (χ1v) is 5.81. The standard InChI is InChI=1S/C11H10N2O3S/c1-8-6-9(13(14)15)2-3-10(8)16-7-11-12-4-5-17-11/h2-6H,7H2,1H3. The quantitative estimate of drug-likeness (QED) is 0.618. The fourth-order valence-corrected chi connectivity index (χ4v) is 1.90. The maximum Gasteiger partial charge on any atom is 0.269 e. The number of nitro benzene ring substituents is 1. The minimum Gasteiger partial charge on any atom is -0.486 e. The number of hydrogen-bond donors (Lipinski definition) is 0. The minimum absolute atomic E-state index is 0.0732. The molecule has 0 N–H and O–H groups in total. The Hall–Kier alpha value is -1.95. The Morgan fingerprint density at radius 1 is 1.53 bits per heavy atom. The van der Waals surface area contributed by atoms with Gasteiger partial charge < -0.3 is 4.74 Å². The summed E-state index contributed by atoms with van der Waals surface area (Å²) in [7, 11) is 0. The Bertz CT molecular complexity index is 526. The van der Waals surface area contributed by atoms with Gasteiger partial charge in [0.25, 0.3) is 5.69 Å². The molecule has 0 aliphatic rings. The molecule has 0 unspecified atom stereocenters. The largest absolute Gasteiger partial charge is 0.486 e. The van der Waals surface area contributed by atoms with E-state index in [0.717, 1.165) is 10.6 Å². The van der Waals surface area contributed by atoms with Gasteiger partial charge in [0.2, 0.25) is 0 Å². The highest BCUT2D eigenvalue weighted by Crippen LogP contribution is 2.24. The molecule has 1 aromatic carbocycles. The highest BCUT2D eigenvalue weighted by molar-refractivity contribution is 7.09. The molecule has 1 heterocycles. The zero-order chi connectivity index (χ0) is 12.3. The van der Waals surface area contributed by atoms with Gasteiger partial charge in [-0.05, 0) is 18.6 Å². The molecule has 0 bridgehead atoms. The Morgan fingerprint density at radius 2 is 2.35 bits per heavy atom. The number of rotatable bonds is 4. The number of nitrogens with zero attached hydrogens (tertiary/aromatic N) is 2. The number of hydrogen-bond acceptors (Lipinski definition) is 5. The molecular weight excluding hydrogens is 240 g/mol. The molecule has 1 aromatic heterocycles. The minimum atomic E-state index is -0.419. The zero-order valence-electron chi connectivity index (χ0n) is 9.12. The maximum absolute atomic E-state index is 10.6. The summed E-state index contributed by atoms with van der Waals surface area (Å²) in [5.74, 6) is 0.644. The lowest BCUT2D eigenvalue weighted by atomic mass is 10.2. The maximum atomic E-state index is 10.6. The predicted molar refractivity (Wildman–Crippen MR) is 64.3 cm³/mol. The molecule has 0 radical (unpaired) electrons. The molecule has 17 heavy (non-hydrogen) atoms. The second-order valence-electron chi connectivity index (χ2n) is 3.42. The second-order valence-corrected chi connectivity index (χ2v) is 4.40. The predicted octanol–water partition coefficient (Wildman–Crippen LogP) is 2.94. The summed E-state index contributed by atoms with van der Waals surface area (Å²) in [5, 5.41) is 13.3. The van der Waals surface area contributed by atoms with E-state index >= 15 is 0 Å². The summed E-state index contributed by atoms with van der Waals surface area (Å²) in [6.07, 6.45) is 1.71. The van der Waals surface area contributed by atoms with Gasteiger partial charge in [-0.2, -0.15) is 0 Å².